The van der Waals surface area contributed by atoms with Crippen LogP contribution in [0, 0.1) is 6.92 Å². The van der Waals surface area contributed by atoms with Gasteiger partial charge in [-0.1, -0.05) is 78.9 Å². The average molecular weight is 402 g/mol. The van der Waals surface area contributed by atoms with Gasteiger partial charge in [0, 0.05) is 16.8 Å². The van der Waals surface area contributed by atoms with E-state index in [2.05, 4.69) is 122 Å². The van der Waals surface area contributed by atoms with Gasteiger partial charge in [0.05, 0.1) is 5.52 Å². The predicted octanol–water partition coefficient (Wildman–Crippen LogP) is 8.23. The molecule has 5 rings (SSSR count). The highest BCUT2D eigenvalue weighted by molar-refractivity contribution is 5.90. The summed E-state index contributed by atoms with van der Waals surface area (Å²) in [6.45, 7) is 4.31. The van der Waals surface area contributed by atoms with Crippen LogP contribution < -0.4 is 0 Å². The number of fused-ring (bicyclic) bond motifs is 1. The van der Waals surface area contributed by atoms with E-state index in [1.54, 1.807) is 0 Å². The Morgan fingerprint density at radius 3 is 2.45 bits per heavy atom. The molecular formula is C30H27N. The number of nitrogens with zero attached hydrogens (tertiary/aromatic N) is 1. The van der Waals surface area contributed by atoms with Crippen LogP contribution in [0.5, 0.6) is 0 Å². The SMILES string of the molecule is C/C=C\c1c(C)c2ccccc2n1-c1cccc(C2=CC(c3ccccc3)=CCC2)c1. The van der Waals surface area contributed by atoms with Crippen LogP contribution in [0.2, 0.25) is 0 Å². The zero-order valence-electron chi connectivity index (χ0n) is 18.2. The van der Waals surface area contributed by atoms with E-state index in [0.29, 0.717) is 0 Å². The molecule has 0 atom stereocenters. The summed E-state index contributed by atoms with van der Waals surface area (Å²) in [5.41, 5.74) is 10.4. The normalized spacial score (nSPS) is 14.1. The predicted molar refractivity (Wildman–Crippen MR) is 134 cm³/mol. The largest absolute Gasteiger partial charge is 0.310 e. The van der Waals surface area contributed by atoms with E-state index in [1.165, 1.54) is 50.1 Å². The van der Waals surface area contributed by atoms with Crippen LogP contribution in [0.15, 0.2) is 97.1 Å². The number of aromatic nitrogens is 1. The molecule has 4 aromatic rings. The van der Waals surface area contributed by atoms with Crippen LogP contribution in [-0.4, -0.2) is 4.57 Å². The van der Waals surface area contributed by atoms with Gasteiger partial charge in [0.2, 0.25) is 0 Å². The van der Waals surface area contributed by atoms with Crippen LogP contribution in [0.3, 0.4) is 0 Å². The van der Waals surface area contributed by atoms with Gasteiger partial charge in [-0.05, 0) is 78.8 Å². The monoisotopic (exact) mass is 401 g/mol. The second-order valence-electron chi connectivity index (χ2n) is 8.15. The Kier molecular flexibility index (Phi) is 5.18. The van der Waals surface area contributed by atoms with Gasteiger partial charge in [-0.3, -0.25) is 0 Å². The van der Waals surface area contributed by atoms with Gasteiger partial charge in [-0.15, -0.1) is 0 Å². The van der Waals surface area contributed by atoms with Crippen molar-refractivity contribution < 1.29 is 0 Å². The lowest BCUT2D eigenvalue weighted by Gasteiger charge is -2.17. The molecule has 1 aromatic heterocycles. The molecule has 0 radical (unpaired) electrons. The minimum absolute atomic E-state index is 1.08. The molecule has 0 aliphatic heterocycles. The van der Waals surface area contributed by atoms with Crippen LogP contribution in [-0.2, 0) is 0 Å². The van der Waals surface area contributed by atoms with Gasteiger partial charge in [-0.25, -0.2) is 0 Å². The molecule has 0 N–H and O–H groups in total. The third-order valence-corrected chi connectivity index (χ3v) is 6.19. The molecule has 1 heteroatoms. The summed E-state index contributed by atoms with van der Waals surface area (Å²) in [5.74, 6) is 0. The molecule has 0 unspecified atom stereocenters. The van der Waals surface area contributed by atoms with E-state index >= 15 is 0 Å². The summed E-state index contributed by atoms with van der Waals surface area (Å²) < 4.78 is 2.39. The Labute approximate surface area is 184 Å². The third-order valence-electron chi connectivity index (χ3n) is 6.19. The maximum atomic E-state index is 2.39. The van der Waals surface area contributed by atoms with Crippen molar-refractivity contribution in [2.45, 2.75) is 26.7 Å². The van der Waals surface area contributed by atoms with E-state index in [0.717, 1.165) is 12.8 Å². The van der Waals surface area contributed by atoms with Crippen LogP contribution >= 0.6 is 0 Å². The highest BCUT2D eigenvalue weighted by Crippen LogP contribution is 2.34. The van der Waals surface area contributed by atoms with Gasteiger partial charge in [0.1, 0.15) is 0 Å². The van der Waals surface area contributed by atoms with Crippen LogP contribution in [0.1, 0.15) is 42.1 Å². The molecule has 3 aromatic carbocycles. The van der Waals surface area contributed by atoms with Crippen LogP contribution in [0.25, 0.3) is 33.8 Å². The minimum atomic E-state index is 1.08. The van der Waals surface area contributed by atoms with Gasteiger partial charge in [0.15, 0.2) is 0 Å². The first kappa shape index (κ1) is 19.4. The van der Waals surface area contributed by atoms with Crippen molar-refractivity contribution >= 4 is 28.1 Å². The molecule has 0 saturated carbocycles. The van der Waals surface area contributed by atoms with Crippen LogP contribution in [0.4, 0.5) is 0 Å². The highest BCUT2D eigenvalue weighted by atomic mass is 15.0. The van der Waals surface area contributed by atoms with Crippen molar-refractivity contribution in [3.63, 3.8) is 0 Å². The number of hydrogen-bond donors (Lipinski definition) is 0. The molecule has 0 bridgehead atoms. The molecule has 152 valence electrons. The minimum Gasteiger partial charge on any atom is -0.310 e. The summed E-state index contributed by atoms with van der Waals surface area (Å²) in [4.78, 5) is 0. The molecule has 1 aliphatic rings. The zero-order valence-corrected chi connectivity index (χ0v) is 18.2. The summed E-state index contributed by atoms with van der Waals surface area (Å²) in [5, 5.41) is 1.31. The number of rotatable bonds is 4. The summed E-state index contributed by atoms with van der Waals surface area (Å²) in [7, 11) is 0. The second-order valence-corrected chi connectivity index (χ2v) is 8.15. The van der Waals surface area contributed by atoms with Gasteiger partial charge < -0.3 is 4.57 Å². The summed E-state index contributed by atoms with van der Waals surface area (Å²) in [6, 6.07) is 28.4. The average Bonchev–Trinajstić information content (AvgIpc) is 3.12. The maximum absolute atomic E-state index is 2.39. The topological polar surface area (TPSA) is 4.93 Å². The third kappa shape index (κ3) is 3.57. The Bertz CT molecular complexity index is 1330. The van der Waals surface area contributed by atoms with Crippen molar-refractivity contribution in [1.29, 1.82) is 0 Å². The Morgan fingerprint density at radius 2 is 1.61 bits per heavy atom. The Hall–Kier alpha value is -3.58. The lowest BCUT2D eigenvalue weighted by molar-refractivity contribution is 1.05. The van der Waals surface area contributed by atoms with Crippen molar-refractivity contribution in [1.82, 2.24) is 4.57 Å². The van der Waals surface area contributed by atoms with E-state index in [9.17, 15) is 0 Å². The number of benzene rings is 3. The fourth-order valence-electron chi connectivity index (χ4n) is 4.66. The van der Waals surface area contributed by atoms with Gasteiger partial charge in [0.25, 0.3) is 0 Å². The standard InChI is InChI=1S/C30H27N/c1-3-11-29-22(2)28-18-7-8-19-30(28)31(29)27-17-10-16-26(21-27)25-15-9-14-24(20-25)23-12-5-4-6-13-23/h3-8,10-14,16-21H,9,15H2,1-2H3/b11-3-. The summed E-state index contributed by atoms with van der Waals surface area (Å²) >= 11 is 0. The molecule has 0 saturated heterocycles. The van der Waals surface area contributed by atoms with Crippen molar-refractivity contribution in [3.05, 3.63) is 119 Å². The Balaban J connectivity index is 1.62. The van der Waals surface area contributed by atoms with Gasteiger partial charge in [-0.2, -0.15) is 0 Å². The number of para-hydroxylation sites is 1. The van der Waals surface area contributed by atoms with Crippen molar-refractivity contribution in [2.24, 2.45) is 0 Å². The fraction of sp³-hybridized carbons (Fsp3) is 0.133. The first-order valence-electron chi connectivity index (χ1n) is 11.1. The molecule has 1 heterocycles. The first-order chi connectivity index (χ1) is 15.3. The summed E-state index contributed by atoms with van der Waals surface area (Å²) in [6.07, 6.45) is 11.2. The zero-order chi connectivity index (χ0) is 21.2. The molecule has 1 aliphatic carbocycles. The van der Waals surface area contributed by atoms with E-state index in [-0.39, 0.29) is 0 Å². The smallest absolute Gasteiger partial charge is 0.0537 e. The molecule has 1 nitrogen and oxygen atoms in total. The van der Waals surface area contributed by atoms with E-state index in [4.69, 9.17) is 0 Å². The molecule has 0 amide bonds. The number of allylic oxidation sites excluding steroid dienone is 5. The highest BCUT2D eigenvalue weighted by Gasteiger charge is 2.15. The van der Waals surface area contributed by atoms with E-state index in [1.807, 2.05) is 0 Å². The Morgan fingerprint density at radius 1 is 0.839 bits per heavy atom. The number of aryl methyl sites for hydroxylation is 1. The second kappa shape index (κ2) is 8.28. The lowest BCUT2D eigenvalue weighted by atomic mass is 9.90. The number of hydrogen-bond acceptors (Lipinski definition) is 0. The maximum Gasteiger partial charge on any atom is 0.0537 e. The molecule has 0 spiro atoms. The van der Waals surface area contributed by atoms with E-state index < -0.39 is 0 Å². The lowest BCUT2D eigenvalue weighted by Crippen LogP contribution is -1.99. The fourth-order valence-corrected chi connectivity index (χ4v) is 4.66. The molecule has 31 heavy (non-hydrogen) atoms. The van der Waals surface area contributed by atoms with Crippen molar-refractivity contribution in [2.75, 3.05) is 0 Å². The molecular weight excluding hydrogens is 374 g/mol. The van der Waals surface area contributed by atoms with Crippen molar-refractivity contribution in [3.8, 4) is 5.69 Å². The molecule has 0 fully saturated rings. The quantitative estimate of drug-likeness (QED) is 0.324. The van der Waals surface area contributed by atoms with Gasteiger partial charge >= 0.3 is 0 Å². The first-order valence-corrected chi connectivity index (χ1v) is 11.1.